The van der Waals surface area contributed by atoms with Gasteiger partial charge >= 0.3 is 0 Å². The standard InChI is InChI=1S/C21H17BrClFN2O3S/c1-14-4-2-3-5-20(14)26(30(28,29)17-9-7-16(23)8-10-17)13-21(27)25-19-11-6-15(22)12-18(19)24/h2-12H,13H2,1H3,(H,25,27). The summed E-state index contributed by atoms with van der Waals surface area (Å²) in [5.41, 5.74) is 0.966. The van der Waals surface area contributed by atoms with Crippen molar-refractivity contribution in [1.29, 1.82) is 0 Å². The number of aryl methyl sites for hydroxylation is 1. The summed E-state index contributed by atoms with van der Waals surface area (Å²) in [4.78, 5) is 12.6. The first-order valence-electron chi connectivity index (χ1n) is 8.77. The van der Waals surface area contributed by atoms with Gasteiger partial charge in [-0.15, -0.1) is 0 Å². The molecule has 30 heavy (non-hydrogen) atoms. The van der Waals surface area contributed by atoms with Crippen LogP contribution in [0.2, 0.25) is 5.02 Å². The highest BCUT2D eigenvalue weighted by atomic mass is 79.9. The van der Waals surface area contributed by atoms with Crippen LogP contribution in [0, 0.1) is 12.7 Å². The predicted molar refractivity (Wildman–Crippen MR) is 120 cm³/mol. The third kappa shape index (κ3) is 5.00. The second-order valence-corrected chi connectivity index (χ2v) is 9.64. The van der Waals surface area contributed by atoms with E-state index in [2.05, 4.69) is 21.2 Å². The van der Waals surface area contributed by atoms with Crippen LogP contribution in [-0.4, -0.2) is 20.9 Å². The Morgan fingerprint density at radius 1 is 1.10 bits per heavy atom. The van der Waals surface area contributed by atoms with E-state index in [1.54, 1.807) is 37.3 Å². The Balaban J connectivity index is 1.97. The molecule has 1 N–H and O–H groups in total. The summed E-state index contributed by atoms with van der Waals surface area (Å²) in [7, 11) is -4.08. The lowest BCUT2D eigenvalue weighted by Crippen LogP contribution is -2.38. The van der Waals surface area contributed by atoms with E-state index in [0.29, 0.717) is 20.7 Å². The number of rotatable bonds is 6. The number of para-hydroxylation sites is 1. The molecule has 0 aliphatic heterocycles. The number of amides is 1. The van der Waals surface area contributed by atoms with Gasteiger partial charge in [0.05, 0.1) is 16.3 Å². The Kier molecular flexibility index (Phi) is 6.80. The molecule has 0 radical (unpaired) electrons. The maximum absolute atomic E-state index is 14.1. The molecule has 0 saturated heterocycles. The van der Waals surface area contributed by atoms with Gasteiger partial charge in [0.1, 0.15) is 12.4 Å². The summed E-state index contributed by atoms with van der Waals surface area (Å²) < 4.78 is 42.2. The molecule has 0 fully saturated rings. The molecule has 156 valence electrons. The van der Waals surface area contributed by atoms with Crippen LogP contribution in [0.5, 0.6) is 0 Å². The average Bonchev–Trinajstić information content (AvgIpc) is 2.69. The quantitative estimate of drug-likeness (QED) is 0.483. The Morgan fingerprint density at radius 2 is 1.77 bits per heavy atom. The van der Waals surface area contributed by atoms with Crippen molar-refractivity contribution in [2.24, 2.45) is 0 Å². The maximum Gasteiger partial charge on any atom is 0.264 e. The number of carbonyl (C=O) groups excluding carboxylic acids is 1. The van der Waals surface area contributed by atoms with Crippen LogP contribution >= 0.6 is 27.5 Å². The zero-order valence-corrected chi connectivity index (χ0v) is 18.9. The van der Waals surface area contributed by atoms with Gasteiger partial charge in [-0.05, 0) is 61.0 Å². The molecular weight excluding hydrogens is 495 g/mol. The predicted octanol–water partition coefficient (Wildman–Crippen LogP) is 5.38. The van der Waals surface area contributed by atoms with Gasteiger partial charge in [-0.3, -0.25) is 9.10 Å². The fourth-order valence-corrected chi connectivity index (χ4v) is 4.73. The monoisotopic (exact) mass is 510 g/mol. The minimum Gasteiger partial charge on any atom is -0.322 e. The molecule has 3 aromatic rings. The van der Waals surface area contributed by atoms with Crippen molar-refractivity contribution < 1.29 is 17.6 Å². The second kappa shape index (κ2) is 9.16. The van der Waals surface area contributed by atoms with Gasteiger partial charge in [0.25, 0.3) is 10.0 Å². The van der Waals surface area contributed by atoms with E-state index >= 15 is 0 Å². The van der Waals surface area contributed by atoms with Crippen molar-refractivity contribution in [3.8, 4) is 0 Å². The molecule has 0 aliphatic rings. The normalized spacial score (nSPS) is 11.2. The molecule has 1 amide bonds. The number of nitrogens with zero attached hydrogens (tertiary/aromatic N) is 1. The Hall–Kier alpha value is -2.42. The maximum atomic E-state index is 14.1. The van der Waals surface area contributed by atoms with E-state index in [1.165, 1.54) is 36.4 Å². The molecular formula is C21H17BrClFN2O3S. The van der Waals surface area contributed by atoms with Crippen LogP contribution in [-0.2, 0) is 14.8 Å². The van der Waals surface area contributed by atoms with Crippen LogP contribution in [0.4, 0.5) is 15.8 Å². The average molecular weight is 512 g/mol. The van der Waals surface area contributed by atoms with Gasteiger partial charge in [0, 0.05) is 9.50 Å². The molecule has 0 heterocycles. The number of nitrogens with one attached hydrogen (secondary N) is 1. The van der Waals surface area contributed by atoms with Gasteiger partial charge in [-0.25, -0.2) is 12.8 Å². The smallest absolute Gasteiger partial charge is 0.264 e. The third-order valence-electron chi connectivity index (χ3n) is 4.28. The number of anilines is 2. The first-order chi connectivity index (χ1) is 14.2. The van der Waals surface area contributed by atoms with Crippen molar-refractivity contribution >= 4 is 54.8 Å². The third-order valence-corrected chi connectivity index (χ3v) is 6.80. The minimum atomic E-state index is -4.08. The number of hydrogen-bond donors (Lipinski definition) is 1. The van der Waals surface area contributed by atoms with Crippen LogP contribution < -0.4 is 9.62 Å². The number of benzene rings is 3. The first-order valence-corrected chi connectivity index (χ1v) is 11.4. The topological polar surface area (TPSA) is 66.5 Å². The molecule has 0 bridgehead atoms. The fraction of sp³-hybridized carbons (Fsp3) is 0.0952. The van der Waals surface area contributed by atoms with Crippen molar-refractivity contribution in [2.45, 2.75) is 11.8 Å². The van der Waals surface area contributed by atoms with E-state index in [1.807, 2.05) is 0 Å². The number of carbonyl (C=O) groups is 1. The zero-order chi connectivity index (χ0) is 21.9. The molecule has 0 aromatic heterocycles. The van der Waals surface area contributed by atoms with Gasteiger partial charge < -0.3 is 5.32 Å². The summed E-state index contributed by atoms with van der Waals surface area (Å²) in [5.74, 6) is -1.32. The minimum absolute atomic E-state index is 0.0159. The van der Waals surface area contributed by atoms with Crippen molar-refractivity contribution in [2.75, 3.05) is 16.2 Å². The van der Waals surface area contributed by atoms with Gasteiger partial charge in [0.2, 0.25) is 5.91 Å². The Morgan fingerprint density at radius 3 is 2.40 bits per heavy atom. The van der Waals surface area contributed by atoms with E-state index in [9.17, 15) is 17.6 Å². The lowest BCUT2D eigenvalue weighted by molar-refractivity contribution is -0.114. The van der Waals surface area contributed by atoms with Gasteiger partial charge in [-0.1, -0.05) is 45.7 Å². The number of hydrogen-bond acceptors (Lipinski definition) is 3. The zero-order valence-electron chi connectivity index (χ0n) is 15.8. The van der Waals surface area contributed by atoms with E-state index in [-0.39, 0.29) is 10.6 Å². The second-order valence-electron chi connectivity index (χ2n) is 6.42. The van der Waals surface area contributed by atoms with Crippen molar-refractivity contribution in [3.05, 3.63) is 87.6 Å². The largest absolute Gasteiger partial charge is 0.322 e. The molecule has 0 saturated carbocycles. The molecule has 0 atom stereocenters. The van der Waals surface area contributed by atoms with E-state index in [4.69, 9.17) is 11.6 Å². The first kappa shape index (κ1) is 22.3. The Labute approximate surface area is 187 Å². The molecule has 5 nitrogen and oxygen atoms in total. The lowest BCUT2D eigenvalue weighted by atomic mass is 10.2. The SMILES string of the molecule is Cc1ccccc1N(CC(=O)Nc1ccc(Br)cc1F)S(=O)(=O)c1ccc(Cl)cc1. The molecule has 9 heteroatoms. The van der Waals surface area contributed by atoms with Crippen LogP contribution in [0.1, 0.15) is 5.56 Å². The highest BCUT2D eigenvalue weighted by Gasteiger charge is 2.28. The highest BCUT2D eigenvalue weighted by Crippen LogP contribution is 2.28. The molecule has 3 rings (SSSR count). The molecule has 3 aromatic carbocycles. The van der Waals surface area contributed by atoms with Crippen molar-refractivity contribution in [3.63, 3.8) is 0 Å². The van der Waals surface area contributed by atoms with E-state index in [0.717, 1.165) is 4.31 Å². The molecule has 0 aliphatic carbocycles. The van der Waals surface area contributed by atoms with Crippen LogP contribution in [0.15, 0.2) is 76.1 Å². The van der Waals surface area contributed by atoms with Gasteiger partial charge in [0.15, 0.2) is 0 Å². The van der Waals surface area contributed by atoms with Crippen molar-refractivity contribution in [1.82, 2.24) is 0 Å². The van der Waals surface area contributed by atoms with Crippen LogP contribution in [0.3, 0.4) is 0 Å². The molecule has 0 unspecified atom stereocenters. The number of halogens is 3. The van der Waals surface area contributed by atoms with Crippen LogP contribution in [0.25, 0.3) is 0 Å². The summed E-state index contributed by atoms with van der Waals surface area (Å²) in [6.45, 7) is 1.21. The van der Waals surface area contributed by atoms with E-state index < -0.39 is 28.3 Å². The Bertz CT molecular complexity index is 1190. The number of sulfonamides is 1. The lowest BCUT2D eigenvalue weighted by Gasteiger charge is -2.25. The summed E-state index contributed by atoms with van der Waals surface area (Å²) in [5, 5.41) is 2.82. The summed E-state index contributed by atoms with van der Waals surface area (Å²) in [6.07, 6.45) is 0. The fourth-order valence-electron chi connectivity index (χ4n) is 2.79. The summed E-state index contributed by atoms with van der Waals surface area (Å²) >= 11 is 9.02. The summed E-state index contributed by atoms with van der Waals surface area (Å²) in [6, 6.07) is 16.6. The molecule has 0 spiro atoms. The van der Waals surface area contributed by atoms with Gasteiger partial charge in [-0.2, -0.15) is 0 Å². The highest BCUT2D eigenvalue weighted by molar-refractivity contribution is 9.10.